The van der Waals surface area contributed by atoms with Crippen LogP contribution >= 0.6 is 19.0 Å². The monoisotopic (exact) mass is 266 g/mol. The van der Waals surface area contributed by atoms with E-state index in [4.69, 9.17) is 20.9 Å². The lowest BCUT2D eigenvalue weighted by Gasteiger charge is -2.37. The van der Waals surface area contributed by atoms with E-state index in [0.29, 0.717) is 17.4 Å². The van der Waals surface area contributed by atoms with Gasteiger partial charge >= 0.3 is 0 Å². The van der Waals surface area contributed by atoms with Crippen LogP contribution in [0.1, 0.15) is 27.7 Å². The molecule has 2 unspecified atom stereocenters. The topological polar surface area (TPSA) is 35.5 Å². The van der Waals surface area contributed by atoms with E-state index in [-0.39, 0.29) is 6.10 Å². The van der Waals surface area contributed by atoms with Crippen LogP contribution in [-0.2, 0) is 13.8 Å². The molecule has 0 radical (unpaired) electrons. The van der Waals surface area contributed by atoms with Gasteiger partial charge in [0.1, 0.15) is 5.60 Å². The summed E-state index contributed by atoms with van der Waals surface area (Å²) in [5.41, 5.74) is 0.232. The first-order valence-corrected chi connectivity index (χ1v) is 7.77. The SMILES string of the molecule is COC1(C)CP(=O)(OC(C)C)CC(C)=C1Cl. The van der Waals surface area contributed by atoms with Gasteiger partial charge in [-0.2, -0.15) is 0 Å². The summed E-state index contributed by atoms with van der Waals surface area (Å²) in [5, 5.41) is 0.661. The summed E-state index contributed by atoms with van der Waals surface area (Å²) >= 11 is 6.22. The molecule has 94 valence electrons. The van der Waals surface area contributed by atoms with E-state index in [1.807, 2.05) is 27.7 Å². The Labute approximate surface area is 103 Å². The molecule has 0 amide bonds. The van der Waals surface area contributed by atoms with Crippen LogP contribution in [0, 0.1) is 0 Å². The molecule has 0 aliphatic carbocycles. The molecule has 0 saturated carbocycles. The van der Waals surface area contributed by atoms with Gasteiger partial charge in [0.05, 0.1) is 12.3 Å². The van der Waals surface area contributed by atoms with Crippen LogP contribution in [0.15, 0.2) is 10.6 Å². The number of hydrogen-bond donors (Lipinski definition) is 0. The molecule has 0 N–H and O–H groups in total. The number of ether oxygens (including phenoxy) is 1. The van der Waals surface area contributed by atoms with E-state index >= 15 is 0 Å². The molecule has 5 heteroatoms. The Morgan fingerprint density at radius 1 is 1.50 bits per heavy atom. The molecule has 1 aliphatic heterocycles. The molecular formula is C11H20ClO3P. The maximum Gasteiger partial charge on any atom is 0.210 e. The Morgan fingerprint density at radius 3 is 2.50 bits per heavy atom. The Bertz CT molecular complexity index is 351. The van der Waals surface area contributed by atoms with Crippen molar-refractivity contribution in [2.45, 2.75) is 39.4 Å². The zero-order valence-corrected chi connectivity index (χ0v) is 12.2. The van der Waals surface area contributed by atoms with Crippen LogP contribution in [0.2, 0.25) is 0 Å². The van der Waals surface area contributed by atoms with Gasteiger partial charge in [-0.25, -0.2) is 0 Å². The zero-order valence-electron chi connectivity index (χ0n) is 10.5. The predicted octanol–water partition coefficient (Wildman–Crippen LogP) is 3.62. The van der Waals surface area contributed by atoms with Crippen molar-refractivity contribution in [3.63, 3.8) is 0 Å². The molecule has 0 aromatic heterocycles. The largest absolute Gasteiger partial charge is 0.372 e. The third kappa shape index (κ3) is 2.89. The summed E-state index contributed by atoms with van der Waals surface area (Å²) in [6.07, 6.45) is 0.741. The zero-order chi connectivity index (χ0) is 12.6. The fraction of sp³-hybridized carbons (Fsp3) is 0.818. The van der Waals surface area contributed by atoms with E-state index in [1.54, 1.807) is 7.11 Å². The average Bonchev–Trinajstić information content (AvgIpc) is 2.12. The molecule has 1 heterocycles. The highest BCUT2D eigenvalue weighted by Crippen LogP contribution is 2.57. The molecular weight excluding hydrogens is 247 g/mol. The predicted molar refractivity (Wildman–Crippen MR) is 67.5 cm³/mol. The van der Waals surface area contributed by atoms with Gasteiger partial charge < -0.3 is 9.26 Å². The van der Waals surface area contributed by atoms with E-state index in [0.717, 1.165) is 5.57 Å². The average molecular weight is 267 g/mol. The van der Waals surface area contributed by atoms with Crippen LogP contribution < -0.4 is 0 Å². The second-order valence-corrected chi connectivity index (χ2v) is 7.66. The van der Waals surface area contributed by atoms with Crippen molar-refractivity contribution < 1.29 is 13.8 Å². The maximum absolute atomic E-state index is 12.6. The van der Waals surface area contributed by atoms with Gasteiger partial charge in [-0.05, 0) is 33.3 Å². The van der Waals surface area contributed by atoms with E-state index in [9.17, 15) is 4.57 Å². The molecule has 0 bridgehead atoms. The highest BCUT2D eigenvalue weighted by Gasteiger charge is 2.44. The van der Waals surface area contributed by atoms with Gasteiger partial charge in [0.25, 0.3) is 0 Å². The van der Waals surface area contributed by atoms with Crippen LogP contribution in [0.3, 0.4) is 0 Å². The Kier molecular flexibility index (Phi) is 4.29. The lowest BCUT2D eigenvalue weighted by Crippen LogP contribution is -2.37. The fourth-order valence-electron chi connectivity index (χ4n) is 2.08. The van der Waals surface area contributed by atoms with Gasteiger partial charge in [0.15, 0.2) is 0 Å². The molecule has 0 saturated heterocycles. The number of halogens is 1. The summed E-state index contributed by atoms with van der Waals surface area (Å²) in [6.45, 7) is 7.52. The van der Waals surface area contributed by atoms with Crippen molar-refractivity contribution in [2.75, 3.05) is 19.4 Å². The van der Waals surface area contributed by atoms with Gasteiger partial charge in [-0.15, -0.1) is 0 Å². The number of hydrogen-bond acceptors (Lipinski definition) is 3. The summed E-state index contributed by atoms with van der Waals surface area (Å²) in [4.78, 5) is 0. The second-order valence-electron chi connectivity index (χ2n) is 4.81. The molecule has 0 aromatic rings. The normalized spacial score (nSPS) is 35.9. The standard InChI is InChI=1S/C11H20ClO3P/c1-8(2)15-16(13)6-9(3)10(12)11(4,7-16)14-5/h8H,6-7H2,1-5H3. The molecule has 0 fully saturated rings. The van der Waals surface area contributed by atoms with E-state index < -0.39 is 13.0 Å². The fourth-order valence-corrected chi connectivity index (χ4v) is 5.59. The molecule has 3 nitrogen and oxygen atoms in total. The highest BCUT2D eigenvalue weighted by molar-refractivity contribution is 7.59. The minimum Gasteiger partial charge on any atom is -0.372 e. The maximum atomic E-state index is 12.6. The van der Waals surface area contributed by atoms with E-state index in [1.165, 1.54) is 0 Å². The van der Waals surface area contributed by atoms with Gasteiger partial charge in [0.2, 0.25) is 7.37 Å². The highest BCUT2D eigenvalue weighted by atomic mass is 35.5. The molecule has 0 spiro atoms. The minimum atomic E-state index is -2.67. The molecule has 16 heavy (non-hydrogen) atoms. The first-order chi connectivity index (χ1) is 7.22. The molecule has 1 aliphatic rings. The van der Waals surface area contributed by atoms with Gasteiger partial charge in [-0.1, -0.05) is 11.6 Å². The summed E-state index contributed by atoms with van der Waals surface area (Å²) in [6, 6.07) is 0. The van der Waals surface area contributed by atoms with Crippen LogP contribution in [0.5, 0.6) is 0 Å². The Hall–Kier alpha value is 0.180. The molecule has 0 aromatic carbocycles. The van der Waals surface area contributed by atoms with E-state index in [2.05, 4.69) is 0 Å². The Balaban J connectivity index is 3.04. The van der Waals surface area contributed by atoms with Crippen molar-refractivity contribution >= 4 is 19.0 Å². The van der Waals surface area contributed by atoms with Gasteiger partial charge in [-0.3, -0.25) is 4.57 Å². The van der Waals surface area contributed by atoms with Crippen molar-refractivity contribution in [3.05, 3.63) is 10.6 Å². The lowest BCUT2D eigenvalue weighted by atomic mass is 10.1. The number of allylic oxidation sites excluding steroid dienone is 1. The Morgan fingerprint density at radius 2 is 2.06 bits per heavy atom. The molecule has 1 rings (SSSR count). The lowest BCUT2D eigenvalue weighted by molar-refractivity contribution is 0.0580. The van der Waals surface area contributed by atoms with Crippen LogP contribution in [0.4, 0.5) is 0 Å². The van der Waals surface area contributed by atoms with Crippen molar-refractivity contribution in [1.82, 2.24) is 0 Å². The van der Waals surface area contributed by atoms with Crippen LogP contribution in [0.25, 0.3) is 0 Å². The quantitative estimate of drug-likeness (QED) is 0.732. The second kappa shape index (κ2) is 4.81. The minimum absolute atomic E-state index is 0.0448. The third-order valence-electron chi connectivity index (χ3n) is 2.71. The smallest absolute Gasteiger partial charge is 0.210 e. The number of methoxy groups -OCH3 is 1. The summed E-state index contributed by atoms with van der Waals surface area (Å²) in [7, 11) is -1.08. The first kappa shape index (κ1) is 14.2. The van der Waals surface area contributed by atoms with Gasteiger partial charge in [0, 0.05) is 18.3 Å². The summed E-state index contributed by atoms with van der Waals surface area (Å²) in [5.74, 6) is 0. The number of rotatable bonds is 3. The van der Waals surface area contributed by atoms with Crippen molar-refractivity contribution in [1.29, 1.82) is 0 Å². The van der Waals surface area contributed by atoms with Crippen LogP contribution in [-0.4, -0.2) is 31.1 Å². The van der Waals surface area contributed by atoms with Crippen molar-refractivity contribution in [2.24, 2.45) is 0 Å². The van der Waals surface area contributed by atoms with Crippen molar-refractivity contribution in [3.8, 4) is 0 Å². The summed E-state index contributed by atoms with van der Waals surface area (Å²) < 4.78 is 23.6. The third-order valence-corrected chi connectivity index (χ3v) is 6.28. The molecule has 2 atom stereocenters. The first-order valence-electron chi connectivity index (χ1n) is 5.40.